The second-order valence-corrected chi connectivity index (χ2v) is 5.90. The first kappa shape index (κ1) is 14.4. The average Bonchev–Trinajstić information content (AvgIpc) is 2.78. The van der Waals surface area contributed by atoms with Gasteiger partial charge in [0, 0.05) is 12.0 Å². The molecule has 1 N–H and O–H groups in total. The predicted molar refractivity (Wildman–Crippen MR) is 74.9 cm³/mol. The smallest absolute Gasteiger partial charge is 0.274 e. The average molecular weight is 267 g/mol. The van der Waals surface area contributed by atoms with Gasteiger partial charge in [-0.1, -0.05) is 6.07 Å². The topological polar surface area (TPSA) is 12.0 Å². The predicted octanol–water partition coefficient (Wildman–Crippen LogP) is 4.01. The van der Waals surface area contributed by atoms with Crippen LogP contribution in [0.1, 0.15) is 40.7 Å². The molecule has 3 heteroatoms. The van der Waals surface area contributed by atoms with E-state index in [1.165, 1.54) is 0 Å². The molecule has 0 spiro atoms. The Balaban J connectivity index is 2.38. The molecule has 0 aromatic heterocycles. The van der Waals surface area contributed by atoms with E-state index in [2.05, 4.69) is 5.32 Å². The number of halogens is 2. The van der Waals surface area contributed by atoms with Crippen LogP contribution in [0.25, 0.3) is 0 Å². The molecule has 1 fully saturated rings. The maximum absolute atomic E-state index is 14.7. The summed E-state index contributed by atoms with van der Waals surface area (Å²) in [6.45, 7) is 9.05. The van der Waals surface area contributed by atoms with Crippen LogP contribution in [0.2, 0.25) is 0 Å². The minimum atomic E-state index is -2.72. The summed E-state index contributed by atoms with van der Waals surface area (Å²) in [7, 11) is 0. The van der Waals surface area contributed by atoms with Crippen LogP contribution < -0.4 is 5.32 Å². The van der Waals surface area contributed by atoms with Crippen LogP contribution in [0.15, 0.2) is 6.07 Å². The maximum atomic E-state index is 14.7. The van der Waals surface area contributed by atoms with Gasteiger partial charge in [0.25, 0.3) is 5.92 Å². The van der Waals surface area contributed by atoms with Crippen molar-refractivity contribution >= 4 is 0 Å². The molecular weight excluding hydrogens is 244 g/mol. The van der Waals surface area contributed by atoms with Crippen LogP contribution in [0.4, 0.5) is 8.78 Å². The summed E-state index contributed by atoms with van der Waals surface area (Å²) in [6, 6.07) is 2.00. The lowest BCUT2D eigenvalue weighted by molar-refractivity contribution is -0.0280. The van der Waals surface area contributed by atoms with E-state index < -0.39 is 5.92 Å². The molecule has 0 amide bonds. The molecule has 1 aliphatic heterocycles. The fourth-order valence-electron chi connectivity index (χ4n) is 3.12. The normalized spacial score (nSPS) is 20.0. The van der Waals surface area contributed by atoms with Crippen LogP contribution in [-0.4, -0.2) is 13.1 Å². The van der Waals surface area contributed by atoms with Crippen LogP contribution in [0.3, 0.4) is 0 Å². The zero-order valence-corrected chi connectivity index (χ0v) is 12.2. The third kappa shape index (κ3) is 2.81. The first-order valence-corrected chi connectivity index (χ1v) is 6.99. The van der Waals surface area contributed by atoms with Crippen LogP contribution in [0, 0.1) is 33.6 Å². The minimum Gasteiger partial charge on any atom is -0.316 e. The van der Waals surface area contributed by atoms with Gasteiger partial charge in [0.1, 0.15) is 0 Å². The lowest BCUT2D eigenvalue weighted by Gasteiger charge is -2.26. The Morgan fingerprint density at radius 1 is 1.16 bits per heavy atom. The molecule has 1 nitrogen and oxygen atoms in total. The van der Waals surface area contributed by atoms with E-state index in [1.54, 1.807) is 0 Å². The van der Waals surface area contributed by atoms with E-state index >= 15 is 0 Å². The van der Waals surface area contributed by atoms with Crippen molar-refractivity contribution in [3.63, 3.8) is 0 Å². The lowest BCUT2D eigenvalue weighted by atomic mass is 9.86. The molecule has 1 aliphatic rings. The third-order valence-corrected chi connectivity index (χ3v) is 4.44. The van der Waals surface area contributed by atoms with Crippen molar-refractivity contribution in [3.05, 3.63) is 33.9 Å². The van der Waals surface area contributed by atoms with Gasteiger partial charge < -0.3 is 5.32 Å². The zero-order chi connectivity index (χ0) is 14.2. The van der Waals surface area contributed by atoms with Gasteiger partial charge in [-0.05, 0) is 75.4 Å². The number of hydrogen-bond donors (Lipinski definition) is 1. The van der Waals surface area contributed by atoms with Gasteiger partial charge in [-0.25, -0.2) is 8.78 Å². The second kappa shape index (κ2) is 5.20. The Hall–Kier alpha value is -0.960. The van der Waals surface area contributed by atoms with Crippen LogP contribution in [0.5, 0.6) is 0 Å². The van der Waals surface area contributed by atoms with E-state index in [9.17, 15) is 8.78 Å². The Kier molecular flexibility index (Phi) is 3.95. The molecule has 1 unspecified atom stereocenters. The van der Waals surface area contributed by atoms with E-state index in [4.69, 9.17) is 0 Å². The fourth-order valence-corrected chi connectivity index (χ4v) is 3.12. The Bertz CT molecular complexity index is 448. The van der Waals surface area contributed by atoms with Gasteiger partial charge in [-0.3, -0.25) is 0 Å². The molecule has 0 radical (unpaired) electrons. The van der Waals surface area contributed by atoms with E-state index in [0.717, 1.165) is 41.8 Å². The molecule has 1 saturated heterocycles. The fraction of sp³-hybridized carbons (Fsp3) is 0.625. The van der Waals surface area contributed by atoms with Crippen molar-refractivity contribution in [3.8, 4) is 0 Å². The first-order valence-electron chi connectivity index (χ1n) is 6.99. The Morgan fingerprint density at radius 3 is 2.21 bits per heavy atom. The van der Waals surface area contributed by atoms with Gasteiger partial charge in [0.2, 0.25) is 0 Å². The SMILES string of the molecule is Cc1cc(C)c(C)c(C(F)(F)CC2CCNC2)c1C. The van der Waals surface area contributed by atoms with E-state index in [1.807, 2.05) is 33.8 Å². The zero-order valence-electron chi connectivity index (χ0n) is 12.2. The van der Waals surface area contributed by atoms with Crippen molar-refractivity contribution in [2.45, 2.75) is 46.5 Å². The highest BCUT2D eigenvalue weighted by atomic mass is 19.3. The molecule has 1 aromatic rings. The summed E-state index contributed by atoms with van der Waals surface area (Å²) in [5.74, 6) is -2.63. The van der Waals surface area contributed by atoms with Crippen molar-refractivity contribution < 1.29 is 8.78 Å². The van der Waals surface area contributed by atoms with Crippen molar-refractivity contribution in [2.75, 3.05) is 13.1 Å². The van der Waals surface area contributed by atoms with Crippen LogP contribution >= 0.6 is 0 Å². The largest absolute Gasteiger partial charge is 0.316 e. The van der Waals surface area contributed by atoms with Crippen molar-refractivity contribution in [1.82, 2.24) is 5.32 Å². The number of nitrogens with one attached hydrogen (secondary N) is 1. The number of hydrogen-bond acceptors (Lipinski definition) is 1. The van der Waals surface area contributed by atoms with Gasteiger partial charge in [0.15, 0.2) is 0 Å². The van der Waals surface area contributed by atoms with Crippen LogP contribution in [-0.2, 0) is 5.92 Å². The Labute approximate surface area is 114 Å². The highest BCUT2D eigenvalue weighted by molar-refractivity contribution is 5.46. The van der Waals surface area contributed by atoms with Gasteiger partial charge in [0.05, 0.1) is 0 Å². The number of rotatable bonds is 3. The summed E-state index contributed by atoms with van der Waals surface area (Å²) >= 11 is 0. The molecule has 0 aliphatic carbocycles. The van der Waals surface area contributed by atoms with Gasteiger partial charge in [-0.15, -0.1) is 0 Å². The summed E-state index contributed by atoms with van der Waals surface area (Å²) in [5, 5.41) is 3.17. The number of alkyl halides is 2. The molecule has 0 bridgehead atoms. The summed E-state index contributed by atoms with van der Waals surface area (Å²) in [6.07, 6.45) is 0.822. The van der Waals surface area contributed by atoms with E-state index in [-0.39, 0.29) is 17.9 Å². The molecule has 0 saturated carbocycles. The maximum Gasteiger partial charge on any atom is 0.274 e. The molecule has 2 rings (SSSR count). The molecule has 1 heterocycles. The number of aryl methyl sites for hydroxylation is 2. The molecule has 106 valence electrons. The number of benzene rings is 1. The van der Waals surface area contributed by atoms with Gasteiger partial charge in [-0.2, -0.15) is 0 Å². The van der Waals surface area contributed by atoms with Crippen molar-refractivity contribution in [2.24, 2.45) is 5.92 Å². The summed E-state index contributed by atoms with van der Waals surface area (Å²) in [5.41, 5.74) is 3.68. The minimum absolute atomic E-state index is 0.0371. The molecular formula is C16H23F2N. The quantitative estimate of drug-likeness (QED) is 0.872. The second-order valence-electron chi connectivity index (χ2n) is 5.90. The Morgan fingerprint density at radius 2 is 1.74 bits per heavy atom. The standard InChI is InChI=1S/C16H23F2N/c1-10-7-11(2)13(4)15(12(10)3)16(17,18)8-14-5-6-19-9-14/h7,14,19H,5-6,8-9H2,1-4H3. The van der Waals surface area contributed by atoms with E-state index in [0.29, 0.717) is 0 Å². The van der Waals surface area contributed by atoms with Crippen molar-refractivity contribution in [1.29, 1.82) is 0 Å². The first-order chi connectivity index (χ1) is 8.83. The molecule has 1 aromatic carbocycles. The summed E-state index contributed by atoms with van der Waals surface area (Å²) < 4.78 is 29.3. The molecule has 1 atom stereocenters. The highest BCUT2D eigenvalue weighted by Gasteiger charge is 2.38. The summed E-state index contributed by atoms with van der Waals surface area (Å²) in [4.78, 5) is 0. The lowest BCUT2D eigenvalue weighted by Crippen LogP contribution is -2.23. The van der Waals surface area contributed by atoms with Gasteiger partial charge >= 0.3 is 0 Å². The highest BCUT2D eigenvalue weighted by Crippen LogP contribution is 2.41. The monoisotopic (exact) mass is 267 g/mol. The third-order valence-electron chi connectivity index (χ3n) is 4.44. The molecule has 19 heavy (non-hydrogen) atoms.